The lowest BCUT2D eigenvalue weighted by Crippen LogP contribution is -2.17. The number of carboxylic acids is 2. The molecule has 0 saturated carbocycles. The van der Waals surface area contributed by atoms with E-state index in [1.54, 1.807) is 24.3 Å². The molecule has 0 aliphatic carbocycles. The summed E-state index contributed by atoms with van der Waals surface area (Å²) < 4.78 is 9.37. The number of nitrogens with zero attached hydrogens (tertiary/aromatic N) is 2. The molecule has 0 amide bonds. The number of hydrogen-bond donors (Lipinski definition) is 2. The van der Waals surface area contributed by atoms with Crippen LogP contribution in [-0.2, 0) is 9.59 Å². The average Bonchev–Trinajstić information content (AvgIpc) is 3.31. The van der Waals surface area contributed by atoms with Crippen molar-refractivity contribution in [3.63, 3.8) is 0 Å². The van der Waals surface area contributed by atoms with Crippen LogP contribution in [-0.4, -0.2) is 57.6 Å². The molecule has 2 heterocycles. The van der Waals surface area contributed by atoms with Gasteiger partial charge < -0.3 is 19.7 Å². The smallest absolute Gasteiger partial charge is 0.339 e. The molecule has 1 aliphatic rings. The van der Waals surface area contributed by atoms with Crippen molar-refractivity contribution in [1.82, 2.24) is 9.88 Å². The van der Waals surface area contributed by atoms with E-state index in [9.17, 15) is 19.2 Å². The predicted octanol–water partition coefficient (Wildman–Crippen LogP) is 4.47. The molecule has 0 bridgehead atoms. The van der Waals surface area contributed by atoms with Crippen LogP contribution < -0.4 is 9.47 Å². The number of para-hydroxylation sites is 2. The quantitative estimate of drug-likeness (QED) is 0.364. The van der Waals surface area contributed by atoms with Crippen molar-refractivity contribution in [2.75, 3.05) is 13.6 Å². The second-order valence-corrected chi connectivity index (χ2v) is 8.21. The fraction of sp³-hybridized carbons (Fsp3) is 0.250. The summed E-state index contributed by atoms with van der Waals surface area (Å²) in [5.41, 5.74) is 1.33. The Kier molecular flexibility index (Phi) is 11.6. The summed E-state index contributed by atoms with van der Waals surface area (Å²) in [4.78, 5) is 48.9. The fourth-order valence-corrected chi connectivity index (χ4v) is 3.68. The Morgan fingerprint density at radius 3 is 1.68 bits per heavy atom. The van der Waals surface area contributed by atoms with Crippen LogP contribution >= 0.6 is 0 Å². The Bertz CT molecular complexity index is 1180. The average molecular weight is 523 g/mol. The highest BCUT2D eigenvalue weighted by molar-refractivity contribution is 5.92. The molecule has 1 unspecified atom stereocenters. The van der Waals surface area contributed by atoms with Crippen molar-refractivity contribution in [2.24, 2.45) is 0 Å². The van der Waals surface area contributed by atoms with Gasteiger partial charge in [0.25, 0.3) is 0 Å². The third-order valence-corrected chi connectivity index (χ3v) is 5.33. The summed E-state index contributed by atoms with van der Waals surface area (Å²) in [5.74, 6) is -3.15. The number of esters is 2. The van der Waals surface area contributed by atoms with Crippen molar-refractivity contribution in [1.29, 1.82) is 0 Å². The van der Waals surface area contributed by atoms with Gasteiger partial charge in [-0.15, -0.1) is 0 Å². The Morgan fingerprint density at radius 1 is 0.816 bits per heavy atom. The van der Waals surface area contributed by atoms with Gasteiger partial charge in [-0.05, 0) is 62.3 Å². The molecule has 2 aromatic carbocycles. The van der Waals surface area contributed by atoms with Crippen LogP contribution in [0.1, 0.15) is 59.0 Å². The minimum Gasteiger partial charge on any atom is -0.478 e. The van der Waals surface area contributed by atoms with E-state index < -0.39 is 23.9 Å². The lowest BCUT2D eigenvalue weighted by atomic mass is 10.1. The van der Waals surface area contributed by atoms with E-state index in [0.717, 1.165) is 0 Å². The van der Waals surface area contributed by atoms with E-state index in [2.05, 4.69) is 32.5 Å². The van der Waals surface area contributed by atoms with Crippen molar-refractivity contribution >= 4 is 23.9 Å². The van der Waals surface area contributed by atoms with E-state index in [-0.39, 0.29) is 22.6 Å². The van der Waals surface area contributed by atoms with E-state index in [1.807, 2.05) is 18.5 Å². The molecule has 0 radical (unpaired) electrons. The standard InChI is InChI=1S/C10H14N2.2C9H8O4/c1-12-7-3-5-10(12)9-4-2-6-11-8-9;2*1-6(10)13-8-5-3-2-4-7(8)9(11)12/h2,4,6,8,10H,3,5,7H2,1H3;2*2-5H,1H3,(H,11,12). The monoisotopic (exact) mass is 522 g/mol. The number of carboxylic acid groups (broad SMARTS) is 2. The molecule has 200 valence electrons. The zero-order chi connectivity index (χ0) is 28.1. The van der Waals surface area contributed by atoms with Gasteiger partial charge in [-0.25, -0.2) is 9.59 Å². The number of likely N-dealkylation sites (tertiary alicyclic amines) is 1. The van der Waals surface area contributed by atoms with Crippen molar-refractivity contribution in [3.05, 3.63) is 89.7 Å². The summed E-state index contributed by atoms with van der Waals surface area (Å²) in [6, 6.07) is 16.7. The number of rotatable bonds is 5. The molecule has 3 aromatic rings. The fourth-order valence-electron chi connectivity index (χ4n) is 3.68. The highest BCUT2D eigenvalue weighted by Gasteiger charge is 2.22. The first-order valence-corrected chi connectivity index (χ1v) is 11.7. The molecule has 1 saturated heterocycles. The van der Waals surface area contributed by atoms with Gasteiger partial charge in [0.15, 0.2) is 0 Å². The summed E-state index contributed by atoms with van der Waals surface area (Å²) in [6.45, 7) is 3.66. The minimum atomic E-state index is -1.11. The number of benzene rings is 2. The summed E-state index contributed by atoms with van der Waals surface area (Å²) in [7, 11) is 2.19. The summed E-state index contributed by atoms with van der Waals surface area (Å²) in [6.07, 6.45) is 6.41. The van der Waals surface area contributed by atoms with Gasteiger partial charge in [-0.1, -0.05) is 30.3 Å². The first-order valence-electron chi connectivity index (χ1n) is 11.7. The maximum atomic E-state index is 10.6. The molecule has 10 nitrogen and oxygen atoms in total. The van der Waals surface area contributed by atoms with Gasteiger partial charge in [0.1, 0.15) is 22.6 Å². The Hall–Kier alpha value is -4.57. The third kappa shape index (κ3) is 9.47. The van der Waals surface area contributed by atoms with Crippen molar-refractivity contribution in [2.45, 2.75) is 32.7 Å². The zero-order valence-electron chi connectivity index (χ0n) is 21.4. The molecule has 1 fully saturated rings. The van der Waals surface area contributed by atoms with Crippen LogP contribution in [0.4, 0.5) is 0 Å². The number of ether oxygens (including phenoxy) is 2. The molecule has 1 aromatic heterocycles. The van der Waals surface area contributed by atoms with Gasteiger partial charge in [0.2, 0.25) is 0 Å². The predicted molar refractivity (Wildman–Crippen MR) is 138 cm³/mol. The van der Waals surface area contributed by atoms with Gasteiger partial charge in [0.05, 0.1) is 0 Å². The lowest BCUT2D eigenvalue weighted by molar-refractivity contribution is -0.132. The van der Waals surface area contributed by atoms with Crippen LogP contribution in [0.3, 0.4) is 0 Å². The lowest BCUT2D eigenvalue weighted by Gasteiger charge is -2.18. The number of pyridine rings is 1. The van der Waals surface area contributed by atoms with Crippen LogP contribution in [0.2, 0.25) is 0 Å². The van der Waals surface area contributed by atoms with Gasteiger partial charge in [-0.3, -0.25) is 19.5 Å². The molecule has 1 aliphatic heterocycles. The Labute approximate surface area is 220 Å². The van der Waals surface area contributed by atoms with Crippen LogP contribution in [0.5, 0.6) is 11.5 Å². The molecular formula is C28H30N2O8. The second-order valence-electron chi connectivity index (χ2n) is 8.21. The SMILES string of the molecule is CC(=O)Oc1ccccc1C(=O)O.CC(=O)Oc1ccccc1C(=O)O.CN1CCCC1c1cccnc1. The maximum Gasteiger partial charge on any atom is 0.339 e. The molecule has 1 atom stereocenters. The van der Waals surface area contributed by atoms with Gasteiger partial charge in [-0.2, -0.15) is 0 Å². The molecular weight excluding hydrogens is 492 g/mol. The normalized spacial score (nSPS) is 14.1. The van der Waals surface area contributed by atoms with E-state index in [0.29, 0.717) is 6.04 Å². The third-order valence-electron chi connectivity index (χ3n) is 5.33. The van der Waals surface area contributed by atoms with E-state index >= 15 is 0 Å². The Balaban J connectivity index is 0.000000200. The molecule has 4 rings (SSSR count). The van der Waals surface area contributed by atoms with E-state index in [4.69, 9.17) is 10.2 Å². The van der Waals surface area contributed by atoms with Gasteiger partial charge >= 0.3 is 23.9 Å². The van der Waals surface area contributed by atoms with Crippen molar-refractivity contribution in [3.8, 4) is 11.5 Å². The van der Waals surface area contributed by atoms with Crippen LogP contribution in [0, 0.1) is 0 Å². The zero-order valence-corrected chi connectivity index (χ0v) is 21.4. The van der Waals surface area contributed by atoms with Crippen LogP contribution in [0.15, 0.2) is 73.1 Å². The van der Waals surface area contributed by atoms with Crippen molar-refractivity contribution < 1.29 is 38.9 Å². The van der Waals surface area contributed by atoms with E-state index in [1.165, 1.54) is 63.1 Å². The molecule has 38 heavy (non-hydrogen) atoms. The molecule has 10 heteroatoms. The summed E-state index contributed by atoms with van der Waals surface area (Å²) >= 11 is 0. The minimum absolute atomic E-state index is 0.0160. The van der Waals surface area contributed by atoms with Gasteiger partial charge in [0, 0.05) is 32.3 Å². The largest absolute Gasteiger partial charge is 0.478 e. The molecule has 2 N–H and O–H groups in total. The first kappa shape index (κ1) is 29.7. The number of hydrogen-bond acceptors (Lipinski definition) is 8. The highest BCUT2D eigenvalue weighted by Crippen LogP contribution is 2.29. The second kappa shape index (κ2) is 14.9. The maximum absolute atomic E-state index is 10.6. The molecule has 0 spiro atoms. The number of carbonyl (C=O) groups is 4. The number of carbonyl (C=O) groups excluding carboxylic acids is 2. The number of aromatic nitrogens is 1. The Morgan fingerprint density at radius 2 is 1.32 bits per heavy atom. The first-order chi connectivity index (χ1) is 18.1. The topological polar surface area (TPSA) is 143 Å². The summed E-state index contributed by atoms with van der Waals surface area (Å²) in [5, 5.41) is 17.4. The highest BCUT2D eigenvalue weighted by atomic mass is 16.5. The van der Waals surface area contributed by atoms with Crippen LogP contribution in [0.25, 0.3) is 0 Å². The number of aromatic carboxylic acids is 2.